The molecule has 1 aliphatic heterocycles. The number of methoxy groups -OCH3 is 1. The van der Waals surface area contributed by atoms with E-state index in [4.69, 9.17) is 20.6 Å². The molecular weight excluding hydrogens is 474 g/mol. The summed E-state index contributed by atoms with van der Waals surface area (Å²) in [6, 6.07) is 14.5. The van der Waals surface area contributed by atoms with Crippen molar-refractivity contribution in [3.63, 3.8) is 0 Å². The maximum Gasteiger partial charge on any atom is 0.329 e. The average molecular weight is 508 g/mol. The zero-order valence-corrected chi connectivity index (χ0v) is 21.0. The molecule has 2 aromatic rings. The van der Waals surface area contributed by atoms with Gasteiger partial charge < -0.3 is 24.8 Å². The molecule has 0 saturated carbocycles. The fraction of sp³-hybridized carbons (Fsp3) is 0.393. The third kappa shape index (κ3) is 9.26. The highest BCUT2D eigenvalue weighted by Crippen LogP contribution is 2.14. The monoisotopic (exact) mass is 507 g/mol. The van der Waals surface area contributed by atoms with Crippen molar-refractivity contribution in [1.29, 1.82) is 0 Å². The average Bonchev–Trinajstić information content (AvgIpc) is 2.92. The van der Waals surface area contributed by atoms with Crippen LogP contribution in [0.4, 0.5) is 0 Å². The molecular formula is C28H33N3O6. The summed E-state index contributed by atoms with van der Waals surface area (Å²) in [5.74, 6) is 1.64. The van der Waals surface area contributed by atoms with Gasteiger partial charge in [0.25, 0.3) is 0 Å². The zero-order chi connectivity index (χ0) is 26.5. The van der Waals surface area contributed by atoms with E-state index in [1.807, 2.05) is 47.4 Å². The number of nitrogens with one attached hydrogen (secondary N) is 2. The summed E-state index contributed by atoms with van der Waals surface area (Å²) in [6.07, 6.45) is 5.64. The van der Waals surface area contributed by atoms with Gasteiger partial charge in [-0.05, 0) is 23.3 Å². The Hall–Kier alpha value is -3.87. The summed E-state index contributed by atoms with van der Waals surface area (Å²) in [7, 11) is 1.57. The molecule has 2 unspecified atom stereocenters. The number of esters is 1. The quantitative estimate of drug-likeness (QED) is 0.330. The van der Waals surface area contributed by atoms with E-state index in [1.54, 1.807) is 19.2 Å². The first-order valence-corrected chi connectivity index (χ1v) is 12.1. The second-order valence-corrected chi connectivity index (χ2v) is 8.62. The molecule has 0 radical (unpaired) electrons. The first-order chi connectivity index (χ1) is 18.0. The van der Waals surface area contributed by atoms with E-state index in [9.17, 15) is 14.4 Å². The molecule has 0 bridgehead atoms. The number of hydrogen-bond donors (Lipinski definition) is 2. The number of hydrogen-bond acceptors (Lipinski definition) is 7. The zero-order valence-electron chi connectivity index (χ0n) is 21.0. The Labute approximate surface area is 217 Å². The standard InChI is InChI=1S/C28H33N3O6/c1-3-7-24(29-26(32)19-31-14-16-36-17-15-31)27(33)30-25(18-21-10-12-23(35-2)13-11-21)28(34)37-20-22-8-5-4-6-9-22/h1,4-6,8-13,24-25H,7,14-20H2,2H3,(H,29,32)(H,30,33). The predicted octanol–water partition coefficient (Wildman–Crippen LogP) is 1.31. The number of nitrogens with zero attached hydrogens (tertiary/aromatic N) is 1. The molecule has 2 amide bonds. The highest BCUT2D eigenvalue weighted by Gasteiger charge is 2.28. The van der Waals surface area contributed by atoms with Crippen molar-refractivity contribution in [3.8, 4) is 18.1 Å². The molecule has 2 aromatic carbocycles. The van der Waals surface area contributed by atoms with E-state index in [2.05, 4.69) is 16.6 Å². The fourth-order valence-corrected chi connectivity index (χ4v) is 3.82. The van der Waals surface area contributed by atoms with E-state index < -0.39 is 24.0 Å². The highest BCUT2D eigenvalue weighted by atomic mass is 16.5. The van der Waals surface area contributed by atoms with Gasteiger partial charge in [-0.3, -0.25) is 14.5 Å². The number of benzene rings is 2. The van der Waals surface area contributed by atoms with Crippen LogP contribution in [0.1, 0.15) is 17.5 Å². The Kier molecular flexibility index (Phi) is 11.0. The number of ether oxygens (including phenoxy) is 3. The molecule has 0 aromatic heterocycles. The molecule has 1 aliphatic rings. The maximum absolute atomic E-state index is 13.2. The van der Waals surface area contributed by atoms with Crippen LogP contribution in [-0.2, 0) is 36.9 Å². The van der Waals surface area contributed by atoms with E-state index in [0.29, 0.717) is 32.1 Å². The maximum atomic E-state index is 13.2. The lowest BCUT2D eigenvalue weighted by atomic mass is 10.0. The number of morpholine rings is 1. The number of terminal acetylenes is 1. The summed E-state index contributed by atoms with van der Waals surface area (Å²) in [5, 5.41) is 5.44. The summed E-state index contributed by atoms with van der Waals surface area (Å²) in [4.78, 5) is 40.7. The van der Waals surface area contributed by atoms with Crippen LogP contribution in [0.3, 0.4) is 0 Å². The summed E-state index contributed by atoms with van der Waals surface area (Å²) < 4.78 is 16.0. The van der Waals surface area contributed by atoms with Gasteiger partial charge in [0, 0.05) is 25.9 Å². The molecule has 9 heteroatoms. The lowest BCUT2D eigenvalue weighted by Crippen LogP contribution is -2.54. The van der Waals surface area contributed by atoms with Gasteiger partial charge in [0.05, 0.1) is 26.9 Å². The van der Waals surface area contributed by atoms with Gasteiger partial charge in [-0.15, -0.1) is 12.3 Å². The predicted molar refractivity (Wildman–Crippen MR) is 138 cm³/mol. The van der Waals surface area contributed by atoms with E-state index in [-0.39, 0.29) is 31.9 Å². The number of carbonyl (C=O) groups is 3. The molecule has 37 heavy (non-hydrogen) atoms. The van der Waals surface area contributed by atoms with Gasteiger partial charge in [0.1, 0.15) is 24.4 Å². The Morgan fingerprint density at radius 1 is 1.00 bits per heavy atom. The smallest absolute Gasteiger partial charge is 0.329 e. The van der Waals surface area contributed by atoms with Crippen molar-refractivity contribution < 1.29 is 28.6 Å². The minimum Gasteiger partial charge on any atom is -0.497 e. The van der Waals surface area contributed by atoms with Crippen LogP contribution in [0, 0.1) is 12.3 Å². The van der Waals surface area contributed by atoms with Crippen LogP contribution >= 0.6 is 0 Å². The van der Waals surface area contributed by atoms with Crippen molar-refractivity contribution in [2.24, 2.45) is 0 Å². The fourth-order valence-electron chi connectivity index (χ4n) is 3.82. The lowest BCUT2D eigenvalue weighted by molar-refractivity contribution is -0.149. The summed E-state index contributed by atoms with van der Waals surface area (Å²) >= 11 is 0. The van der Waals surface area contributed by atoms with E-state index >= 15 is 0 Å². The Morgan fingerprint density at radius 2 is 1.70 bits per heavy atom. The molecule has 1 heterocycles. The second-order valence-electron chi connectivity index (χ2n) is 8.62. The Bertz CT molecular complexity index is 1060. The molecule has 0 aliphatic carbocycles. The largest absolute Gasteiger partial charge is 0.497 e. The Balaban J connectivity index is 1.67. The molecule has 2 atom stereocenters. The molecule has 3 rings (SSSR count). The molecule has 0 spiro atoms. The Morgan fingerprint density at radius 3 is 2.35 bits per heavy atom. The van der Waals surface area contributed by atoms with Gasteiger partial charge in [-0.2, -0.15) is 0 Å². The third-order valence-corrected chi connectivity index (χ3v) is 5.87. The van der Waals surface area contributed by atoms with Crippen molar-refractivity contribution in [2.45, 2.75) is 31.5 Å². The second kappa shape index (κ2) is 14.6. The highest BCUT2D eigenvalue weighted by molar-refractivity contribution is 5.91. The normalized spacial score (nSPS) is 15.0. The first-order valence-electron chi connectivity index (χ1n) is 12.1. The third-order valence-electron chi connectivity index (χ3n) is 5.87. The summed E-state index contributed by atoms with van der Waals surface area (Å²) in [6.45, 7) is 2.58. The molecule has 1 fully saturated rings. The van der Waals surface area contributed by atoms with Crippen molar-refractivity contribution >= 4 is 17.8 Å². The van der Waals surface area contributed by atoms with Gasteiger partial charge in [-0.1, -0.05) is 42.5 Å². The summed E-state index contributed by atoms with van der Waals surface area (Å²) in [5.41, 5.74) is 1.62. The van der Waals surface area contributed by atoms with Crippen LogP contribution in [0.2, 0.25) is 0 Å². The minimum atomic E-state index is -0.987. The molecule has 9 nitrogen and oxygen atoms in total. The van der Waals surface area contributed by atoms with Crippen LogP contribution in [0.25, 0.3) is 0 Å². The van der Waals surface area contributed by atoms with Gasteiger partial charge >= 0.3 is 5.97 Å². The molecule has 1 saturated heterocycles. The number of amides is 2. The van der Waals surface area contributed by atoms with Gasteiger partial charge in [0.15, 0.2) is 0 Å². The first kappa shape index (κ1) is 27.7. The van der Waals surface area contributed by atoms with Crippen LogP contribution in [0.5, 0.6) is 5.75 Å². The van der Waals surface area contributed by atoms with Gasteiger partial charge in [-0.25, -0.2) is 4.79 Å². The SMILES string of the molecule is C#CCC(NC(=O)CN1CCOCC1)C(=O)NC(Cc1ccc(OC)cc1)C(=O)OCc1ccccc1. The van der Waals surface area contributed by atoms with E-state index in [0.717, 1.165) is 11.1 Å². The number of carbonyl (C=O) groups excluding carboxylic acids is 3. The topological polar surface area (TPSA) is 106 Å². The van der Waals surface area contributed by atoms with Crippen LogP contribution < -0.4 is 15.4 Å². The van der Waals surface area contributed by atoms with Crippen LogP contribution in [-0.4, -0.2) is 74.7 Å². The van der Waals surface area contributed by atoms with Crippen LogP contribution in [0.15, 0.2) is 54.6 Å². The van der Waals surface area contributed by atoms with Gasteiger partial charge in [0.2, 0.25) is 11.8 Å². The lowest BCUT2D eigenvalue weighted by Gasteiger charge is -2.27. The minimum absolute atomic E-state index is 0.0188. The van der Waals surface area contributed by atoms with Crippen molar-refractivity contribution in [3.05, 3.63) is 65.7 Å². The molecule has 2 N–H and O–H groups in total. The van der Waals surface area contributed by atoms with Crippen molar-refractivity contribution in [1.82, 2.24) is 15.5 Å². The number of rotatable bonds is 12. The molecule has 196 valence electrons. The van der Waals surface area contributed by atoms with Crippen molar-refractivity contribution in [2.75, 3.05) is 40.0 Å². The van der Waals surface area contributed by atoms with E-state index in [1.165, 1.54) is 0 Å².